The average molecular weight is 303 g/mol. The van der Waals surface area contributed by atoms with Crippen molar-refractivity contribution < 1.29 is 5.11 Å². The van der Waals surface area contributed by atoms with Gasteiger partial charge in [0, 0.05) is 5.02 Å². The molecule has 110 valence electrons. The van der Waals surface area contributed by atoms with Crippen LogP contribution < -0.4 is 0 Å². The van der Waals surface area contributed by atoms with Crippen LogP contribution in [0.2, 0.25) is 5.02 Å². The van der Waals surface area contributed by atoms with Crippen LogP contribution in [0.25, 0.3) is 0 Å². The van der Waals surface area contributed by atoms with Crippen LogP contribution in [-0.4, -0.2) is 29.0 Å². The fraction of sp³-hybridized carbons (Fsp3) is 0.235. The van der Waals surface area contributed by atoms with Crippen molar-refractivity contribution in [2.24, 2.45) is 5.10 Å². The lowest BCUT2D eigenvalue weighted by Gasteiger charge is -2.20. The van der Waals surface area contributed by atoms with Crippen LogP contribution in [0.1, 0.15) is 18.1 Å². The third-order valence-corrected chi connectivity index (χ3v) is 3.17. The third kappa shape index (κ3) is 5.58. The van der Waals surface area contributed by atoms with Crippen molar-refractivity contribution in [3.63, 3.8) is 0 Å². The maximum absolute atomic E-state index is 9.60. The molecule has 2 aromatic carbocycles. The SMILES string of the molecule is CC(O)CN(Cc1ccccc1)/N=C\c1ccc(Cl)cc1. The molecule has 0 saturated heterocycles. The van der Waals surface area contributed by atoms with E-state index in [0.29, 0.717) is 18.1 Å². The fourth-order valence-corrected chi connectivity index (χ4v) is 2.07. The molecular formula is C17H19ClN2O. The second-order valence-electron chi connectivity index (χ2n) is 4.98. The highest BCUT2D eigenvalue weighted by atomic mass is 35.5. The maximum Gasteiger partial charge on any atom is 0.0703 e. The van der Waals surface area contributed by atoms with Gasteiger partial charge in [-0.2, -0.15) is 5.10 Å². The molecule has 0 aliphatic carbocycles. The standard InChI is InChI=1S/C17H19ClN2O/c1-14(21)12-20(13-16-5-3-2-4-6-16)19-11-15-7-9-17(18)10-8-15/h2-11,14,21H,12-13H2,1H3/b19-11-. The molecule has 0 heterocycles. The topological polar surface area (TPSA) is 35.8 Å². The van der Waals surface area contributed by atoms with Gasteiger partial charge in [0.15, 0.2) is 0 Å². The summed E-state index contributed by atoms with van der Waals surface area (Å²) in [6.07, 6.45) is 1.35. The van der Waals surface area contributed by atoms with Crippen LogP contribution in [-0.2, 0) is 6.54 Å². The Hall–Kier alpha value is -1.84. The summed E-state index contributed by atoms with van der Waals surface area (Å²) in [6.45, 7) is 2.91. The molecular weight excluding hydrogens is 284 g/mol. The first-order valence-corrected chi connectivity index (χ1v) is 7.28. The Morgan fingerprint density at radius 2 is 1.81 bits per heavy atom. The first-order valence-electron chi connectivity index (χ1n) is 6.90. The van der Waals surface area contributed by atoms with Gasteiger partial charge in [-0.3, -0.25) is 5.01 Å². The monoisotopic (exact) mass is 302 g/mol. The van der Waals surface area contributed by atoms with Crippen LogP contribution in [0.15, 0.2) is 59.7 Å². The zero-order valence-electron chi connectivity index (χ0n) is 12.0. The normalized spacial score (nSPS) is 12.5. The van der Waals surface area contributed by atoms with Crippen molar-refractivity contribution in [1.82, 2.24) is 5.01 Å². The number of hydrogen-bond acceptors (Lipinski definition) is 3. The minimum atomic E-state index is -0.434. The molecule has 1 unspecified atom stereocenters. The molecule has 0 aliphatic rings. The predicted molar refractivity (Wildman–Crippen MR) is 87.6 cm³/mol. The van der Waals surface area contributed by atoms with E-state index in [-0.39, 0.29) is 0 Å². The average Bonchev–Trinajstić information content (AvgIpc) is 2.47. The lowest BCUT2D eigenvalue weighted by atomic mass is 10.2. The molecule has 0 spiro atoms. The largest absolute Gasteiger partial charge is 0.392 e. The summed E-state index contributed by atoms with van der Waals surface area (Å²) < 4.78 is 0. The zero-order chi connectivity index (χ0) is 15.1. The van der Waals surface area contributed by atoms with Crippen molar-refractivity contribution in [2.45, 2.75) is 19.6 Å². The summed E-state index contributed by atoms with van der Waals surface area (Å²) in [7, 11) is 0. The molecule has 0 aliphatic heterocycles. The number of hydrogen-bond donors (Lipinski definition) is 1. The van der Waals surface area contributed by atoms with Crippen molar-refractivity contribution in [2.75, 3.05) is 6.54 Å². The van der Waals surface area contributed by atoms with Gasteiger partial charge in [-0.1, -0.05) is 54.1 Å². The van der Waals surface area contributed by atoms with E-state index in [4.69, 9.17) is 11.6 Å². The molecule has 2 aromatic rings. The minimum absolute atomic E-state index is 0.434. The van der Waals surface area contributed by atoms with Gasteiger partial charge in [0.1, 0.15) is 0 Å². The van der Waals surface area contributed by atoms with E-state index in [0.717, 1.165) is 11.1 Å². The highest BCUT2D eigenvalue weighted by Gasteiger charge is 2.06. The van der Waals surface area contributed by atoms with Gasteiger partial charge in [-0.15, -0.1) is 0 Å². The Balaban J connectivity index is 2.07. The van der Waals surface area contributed by atoms with Crippen LogP contribution in [0.3, 0.4) is 0 Å². The first-order chi connectivity index (χ1) is 10.1. The second kappa shape index (κ2) is 7.81. The molecule has 0 bridgehead atoms. The molecule has 4 heteroatoms. The van der Waals surface area contributed by atoms with Crippen molar-refractivity contribution in [1.29, 1.82) is 0 Å². The van der Waals surface area contributed by atoms with Gasteiger partial charge in [0.05, 0.1) is 25.4 Å². The number of halogens is 1. The molecule has 0 saturated carbocycles. The van der Waals surface area contributed by atoms with Crippen molar-refractivity contribution in [3.05, 3.63) is 70.7 Å². The van der Waals surface area contributed by atoms with Crippen LogP contribution in [0.5, 0.6) is 0 Å². The zero-order valence-corrected chi connectivity index (χ0v) is 12.7. The number of benzene rings is 2. The predicted octanol–water partition coefficient (Wildman–Crippen LogP) is 3.56. The molecule has 0 amide bonds. The Bertz CT molecular complexity index is 567. The third-order valence-electron chi connectivity index (χ3n) is 2.92. The summed E-state index contributed by atoms with van der Waals surface area (Å²) in [5.74, 6) is 0. The van der Waals surface area contributed by atoms with E-state index >= 15 is 0 Å². The number of aliphatic hydroxyl groups is 1. The molecule has 21 heavy (non-hydrogen) atoms. The summed E-state index contributed by atoms with van der Waals surface area (Å²) in [5.41, 5.74) is 2.13. The van der Waals surface area contributed by atoms with E-state index in [2.05, 4.69) is 5.10 Å². The molecule has 2 rings (SSSR count). The van der Waals surface area contributed by atoms with Gasteiger partial charge < -0.3 is 5.11 Å². The Kier molecular flexibility index (Phi) is 5.78. The number of rotatable bonds is 6. The fourth-order valence-electron chi connectivity index (χ4n) is 1.95. The minimum Gasteiger partial charge on any atom is -0.392 e. The van der Waals surface area contributed by atoms with E-state index < -0.39 is 6.10 Å². The smallest absolute Gasteiger partial charge is 0.0703 e. The van der Waals surface area contributed by atoms with E-state index in [1.54, 1.807) is 13.1 Å². The lowest BCUT2D eigenvalue weighted by molar-refractivity contribution is 0.125. The Morgan fingerprint density at radius 1 is 1.14 bits per heavy atom. The van der Waals surface area contributed by atoms with Crippen molar-refractivity contribution >= 4 is 17.8 Å². The highest BCUT2D eigenvalue weighted by Crippen LogP contribution is 2.09. The number of aliphatic hydroxyl groups excluding tert-OH is 1. The highest BCUT2D eigenvalue weighted by molar-refractivity contribution is 6.30. The molecule has 0 radical (unpaired) electrons. The number of hydrazone groups is 1. The maximum atomic E-state index is 9.60. The van der Waals surface area contributed by atoms with Crippen LogP contribution in [0.4, 0.5) is 0 Å². The molecule has 0 aromatic heterocycles. The molecule has 3 nitrogen and oxygen atoms in total. The lowest BCUT2D eigenvalue weighted by Crippen LogP contribution is -2.26. The van der Waals surface area contributed by atoms with Gasteiger partial charge in [-0.05, 0) is 30.2 Å². The van der Waals surface area contributed by atoms with E-state index in [1.807, 2.05) is 59.6 Å². The van der Waals surface area contributed by atoms with Crippen molar-refractivity contribution in [3.8, 4) is 0 Å². The van der Waals surface area contributed by atoms with Gasteiger partial charge in [0.25, 0.3) is 0 Å². The van der Waals surface area contributed by atoms with Gasteiger partial charge in [-0.25, -0.2) is 0 Å². The van der Waals surface area contributed by atoms with E-state index in [1.165, 1.54) is 0 Å². The number of nitrogens with zero attached hydrogens (tertiary/aromatic N) is 2. The first kappa shape index (κ1) is 15.5. The Labute approximate surface area is 130 Å². The Morgan fingerprint density at radius 3 is 2.43 bits per heavy atom. The summed E-state index contributed by atoms with van der Waals surface area (Å²) in [6, 6.07) is 17.6. The molecule has 1 N–H and O–H groups in total. The van der Waals surface area contributed by atoms with Gasteiger partial charge in [0.2, 0.25) is 0 Å². The summed E-state index contributed by atoms with van der Waals surface area (Å²) >= 11 is 5.86. The second-order valence-corrected chi connectivity index (χ2v) is 5.41. The summed E-state index contributed by atoms with van der Waals surface area (Å²) in [5, 5.41) is 16.6. The van der Waals surface area contributed by atoms with Crippen LogP contribution >= 0.6 is 11.6 Å². The molecule has 1 atom stereocenters. The van der Waals surface area contributed by atoms with E-state index in [9.17, 15) is 5.11 Å². The van der Waals surface area contributed by atoms with Gasteiger partial charge >= 0.3 is 0 Å². The summed E-state index contributed by atoms with van der Waals surface area (Å²) in [4.78, 5) is 0. The van der Waals surface area contributed by atoms with Crippen LogP contribution in [0, 0.1) is 0 Å². The molecule has 0 fully saturated rings. The quantitative estimate of drug-likeness (QED) is 0.654.